The molecular weight excluding hydrogens is 624 g/mol. The summed E-state index contributed by atoms with van der Waals surface area (Å²) in [5, 5.41) is 11.8. The summed E-state index contributed by atoms with van der Waals surface area (Å²) in [4.78, 5) is 49.1. The first-order valence-corrected chi connectivity index (χ1v) is 15.0. The summed E-state index contributed by atoms with van der Waals surface area (Å²) in [6.45, 7) is 0. The Hall–Kier alpha value is -5.83. The van der Waals surface area contributed by atoms with Gasteiger partial charge in [0.25, 0.3) is 21.5 Å². The van der Waals surface area contributed by atoms with Crippen LogP contribution in [0.4, 0.5) is 14.5 Å². The number of aryl methyl sites for hydroxylation is 1. The molecule has 3 aromatic carbocycles. The van der Waals surface area contributed by atoms with Gasteiger partial charge in [0.15, 0.2) is 0 Å². The molecule has 236 valence electrons. The lowest BCUT2D eigenvalue weighted by Gasteiger charge is -2.16. The molecule has 5 aromatic rings. The molecule has 0 bridgehead atoms. The van der Waals surface area contributed by atoms with E-state index in [0.29, 0.717) is 23.4 Å². The number of aliphatic carboxylic acids is 1. The van der Waals surface area contributed by atoms with Crippen molar-refractivity contribution >= 4 is 27.6 Å². The summed E-state index contributed by atoms with van der Waals surface area (Å²) in [6.07, 6.45) is 4.54. The second-order valence-electron chi connectivity index (χ2n) is 10.1. The molecule has 46 heavy (non-hydrogen) atoms. The maximum Gasteiger partial charge on any atom is 0.335 e. The first-order chi connectivity index (χ1) is 21.8. The van der Waals surface area contributed by atoms with E-state index in [1.807, 2.05) is 0 Å². The lowest BCUT2D eigenvalue weighted by molar-refractivity contribution is -0.139. The van der Waals surface area contributed by atoms with E-state index in [2.05, 4.69) is 10.0 Å². The fraction of sp³-hybridized carbons (Fsp3) is 0.0968. The molecule has 0 aliphatic heterocycles. The Labute approximate surface area is 259 Å². The summed E-state index contributed by atoms with van der Waals surface area (Å²) in [7, 11) is -2.80. The predicted molar refractivity (Wildman–Crippen MR) is 163 cm³/mol. The zero-order valence-corrected chi connectivity index (χ0v) is 24.7. The Kier molecular flexibility index (Phi) is 8.69. The minimum Gasteiger partial charge on any atom is -0.480 e. The number of carboxylic acids is 1. The van der Waals surface area contributed by atoms with Crippen molar-refractivity contribution in [2.75, 3.05) is 4.72 Å². The highest BCUT2D eigenvalue weighted by Gasteiger charge is 2.26. The number of hydrogen-bond acceptors (Lipinski definition) is 6. The second-order valence-corrected chi connectivity index (χ2v) is 11.8. The number of carbonyl (C=O) groups is 2. The van der Waals surface area contributed by atoms with Gasteiger partial charge in [-0.3, -0.25) is 14.3 Å². The highest BCUT2D eigenvalue weighted by atomic mass is 32.2. The summed E-state index contributed by atoms with van der Waals surface area (Å²) in [5.41, 5.74) is -1.51. The van der Waals surface area contributed by atoms with E-state index < -0.39 is 62.1 Å². The van der Waals surface area contributed by atoms with Crippen LogP contribution in [0.1, 0.15) is 15.9 Å². The third-order valence-corrected chi connectivity index (χ3v) is 8.36. The summed E-state index contributed by atoms with van der Waals surface area (Å²) in [6, 6.07) is 15.8. The molecule has 0 radical (unpaired) electrons. The zero-order valence-electron chi connectivity index (χ0n) is 23.9. The van der Waals surface area contributed by atoms with Gasteiger partial charge < -0.3 is 19.6 Å². The fourth-order valence-electron chi connectivity index (χ4n) is 4.62. The fourth-order valence-corrected chi connectivity index (χ4v) is 5.66. The van der Waals surface area contributed by atoms with Crippen LogP contribution >= 0.6 is 0 Å². The molecule has 1 amide bonds. The van der Waals surface area contributed by atoms with Gasteiger partial charge in [0, 0.05) is 43.8 Å². The monoisotopic (exact) mass is 649 g/mol. The number of benzene rings is 3. The minimum absolute atomic E-state index is 0.179. The van der Waals surface area contributed by atoms with E-state index in [9.17, 15) is 41.5 Å². The summed E-state index contributed by atoms with van der Waals surface area (Å²) >= 11 is 0. The number of nitrogens with zero attached hydrogens (tertiary/aromatic N) is 3. The molecule has 5 rings (SSSR count). The van der Waals surface area contributed by atoms with Crippen LogP contribution in [-0.2, 0) is 28.3 Å². The van der Waals surface area contributed by atoms with E-state index in [0.717, 1.165) is 4.57 Å². The van der Waals surface area contributed by atoms with Crippen LogP contribution in [0, 0.1) is 11.6 Å². The molecule has 2 aromatic heterocycles. The van der Waals surface area contributed by atoms with Crippen molar-refractivity contribution in [3.8, 4) is 11.4 Å². The van der Waals surface area contributed by atoms with Gasteiger partial charge in [-0.25, -0.2) is 31.4 Å². The number of carboxylic acid groups (broad SMARTS) is 1. The van der Waals surface area contributed by atoms with Crippen LogP contribution in [0.15, 0.2) is 112 Å². The SMILES string of the molecule is Cn1ccc(=O)n(-c2ccc(C[C@H](NC(=O)c3c(F)cc(NS(=O)(=O)c4ccc(-n5cccc5)cc4)cc3F)C(=O)O)cc2)c1=O. The van der Waals surface area contributed by atoms with Crippen molar-refractivity contribution in [1.29, 1.82) is 0 Å². The Morgan fingerprint density at radius 2 is 1.46 bits per heavy atom. The second kappa shape index (κ2) is 12.6. The maximum atomic E-state index is 15.0. The number of hydrogen-bond donors (Lipinski definition) is 3. The Morgan fingerprint density at radius 3 is 2.04 bits per heavy atom. The topological polar surface area (TPSA) is 161 Å². The van der Waals surface area contributed by atoms with Gasteiger partial charge in [-0.15, -0.1) is 0 Å². The molecule has 0 aliphatic rings. The first kappa shape index (κ1) is 31.6. The Balaban J connectivity index is 1.30. The third kappa shape index (κ3) is 6.63. The van der Waals surface area contributed by atoms with Crippen LogP contribution in [-0.4, -0.2) is 45.1 Å². The predicted octanol–water partition coefficient (Wildman–Crippen LogP) is 2.83. The van der Waals surface area contributed by atoms with Crippen molar-refractivity contribution in [3.63, 3.8) is 0 Å². The Morgan fingerprint density at radius 1 is 0.870 bits per heavy atom. The van der Waals surface area contributed by atoms with Gasteiger partial charge >= 0.3 is 11.7 Å². The molecule has 0 saturated heterocycles. The maximum absolute atomic E-state index is 15.0. The smallest absolute Gasteiger partial charge is 0.335 e. The van der Waals surface area contributed by atoms with Crippen molar-refractivity contribution in [3.05, 3.63) is 141 Å². The van der Waals surface area contributed by atoms with E-state index in [-0.39, 0.29) is 17.0 Å². The van der Waals surface area contributed by atoms with Gasteiger partial charge in [-0.05, 0) is 66.2 Å². The van der Waals surface area contributed by atoms with Gasteiger partial charge in [-0.1, -0.05) is 12.1 Å². The van der Waals surface area contributed by atoms with Crippen LogP contribution in [0.3, 0.4) is 0 Å². The quantitative estimate of drug-likeness (QED) is 0.210. The molecule has 0 spiro atoms. The van der Waals surface area contributed by atoms with E-state index in [1.165, 1.54) is 60.3 Å². The van der Waals surface area contributed by atoms with E-state index in [4.69, 9.17) is 0 Å². The number of aromatic nitrogens is 3. The highest BCUT2D eigenvalue weighted by molar-refractivity contribution is 7.92. The zero-order chi connectivity index (χ0) is 33.2. The van der Waals surface area contributed by atoms with Gasteiger partial charge in [0.1, 0.15) is 23.2 Å². The number of halogens is 2. The first-order valence-electron chi connectivity index (χ1n) is 13.5. The Bertz CT molecular complexity index is 2140. The lowest BCUT2D eigenvalue weighted by Crippen LogP contribution is -2.43. The number of amides is 1. The van der Waals surface area contributed by atoms with E-state index in [1.54, 1.807) is 41.2 Å². The summed E-state index contributed by atoms with van der Waals surface area (Å²) < 4.78 is 61.6. The van der Waals surface area contributed by atoms with Crippen molar-refractivity contribution < 1.29 is 31.9 Å². The van der Waals surface area contributed by atoms with Crippen molar-refractivity contribution in [2.45, 2.75) is 17.4 Å². The lowest BCUT2D eigenvalue weighted by atomic mass is 10.0. The van der Waals surface area contributed by atoms with Crippen LogP contribution in [0.5, 0.6) is 0 Å². The van der Waals surface area contributed by atoms with Gasteiger partial charge in [0.2, 0.25) is 0 Å². The third-order valence-electron chi connectivity index (χ3n) is 6.96. The molecule has 12 nitrogen and oxygen atoms in total. The number of anilines is 1. The number of carbonyl (C=O) groups excluding carboxylic acids is 1. The minimum atomic E-state index is -4.27. The number of sulfonamides is 1. The molecule has 15 heteroatoms. The molecule has 0 fully saturated rings. The molecule has 2 heterocycles. The molecule has 0 saturated carbocycles. The van der Waals surface area contributed by atoms with Crippen molar-refractivity contribution in [2.24, 2.45) is 7.05 Å². The van der Waals surface area contributed by atoms with Gasteiger partial charge in [0.05, 0.1) is 16.3 Å². The normalized spacial score (nSPS) is 12.0. The average Bonchev–Trinajstić information content (AvgIpc) is 3.54. The van der Waals surface area contributed by atoms with Crippen LogP contribution < -0.4 is 21.3 Å². The van der Waals surface area contributed by atoms with E-state index >= 15 is 0 Å². The molecule has 3 N–H and O–H groups in total. The molecule has 0 unspecified atom stereocenters. The number of rotatable bonds is 10. The average molecular weight is 650 g/mol. The largest absolute Gasteiger partial charge is 0.480 e. The summed E-state index contributed by atoms with van der Waals surface area (Å²) in [5.74, 6) is -5.74. The molecule has 1 atom stereocenters. The molecule has 0 aliphatic carbocycles. The van der Waals surface area contributed by atoms with Crippen LogP contribution in [0.25, 0.3) is 11.4 Å². The van der Waals surface area contributed by atoms with Crippen molar-refractivity contribution in [1.82, 2.24) is 19.0 Å². The highest BCUT2D eigenvalue weighted by Crippen LogP contribution is 2.23. The van der Waals surface area contributed by atoms with Crippen LogP contribution in [0.2, 0.25) is 0 Å². The number of nitrogens with one attached hydrogen (secondary N) is 2. The standard InChI is InChI=1S/C31H25F2N5O7S/c1-36-15-12-27(39)38(31(36)43)22-6-4-19(5-7-22)16-26(30(41)42)34-29(40)28-24(32)17-20(18-25(28)33)35-46(44,45)23-10-8-21(9-11-23)37-13-2-3-14-37/h2-15,17-18,26,35H,16H2,1H3,(H,34,40)(H,41,42)/t26-/m0/s1. The molecular formula is C31H25F2N5O7S. The van der Waals surface area contributed by atoms with Gasteiger partial charge in [-0.2, -0.15) is 0 Å².